The van der Waals surface area contributed by atoms with E-state index in [9.17, 15) is 4.79 Å². The first-order chi connectivity index (χ1) is 12.5. The normalized spacial score (nSPS) is 14.3. The molecule has 0 spiro atoms. The van der Waals surface area contributed by atoms with Gasteiger partial charge in [0, 0.05) is 50.5 Å². The second-order valence-electron chi connectivity index (χ2n) is 5.92. The van der Waals surface area contributed by atoms with Crippen LogP contribution in [0.3, 0.4) is 0 Å². The monoisotopic (exact) mass is 478 g/mol. The minimum absolute atomic E-state index is 0.117. The van der Waals surface area contributed by atoms with E-state index < -0.39 is 0 Å². The van der Waals surface area contributed by atoms with Crippen LogP contribution in [0.25, 0.3) is 11.6 Å². The molecule has 0 atom stereocenters. The number of halogens is 2. The molecule has 0 radical (unpaired) electrons. The molecule has 1 aliphatic rings. The fraction of sp³-hybridized carbons (Fsp3) is 0.250. The van der Waals surface area contributed by atoms with Gasteiger partial charge in [0.05, 0.1) is 12.8 Å². The quantitative estimate of drug-likeness (QED) is 0.571. The van der Waals surface area contributed by atoms with Gasteiger partial charge in [-0.1, -0.05) is 15.9 Å². The Morgan fingerprint density at radius 1 is 1.15 bits per heavy atom. The minimum Gasteiger partial charge on any atom is -0.496 e. The number of hydrogen-bond donors (Lipinski definition) is 1. The smallest absolute Gasteiger partial charge is 0.256 e. The number of benzene rings is 2. The van der Waals surface area contributed by atoms with Crippen molar-refractivity contribution in [1.29, 1.82) is 0 Å². The van der Waals surface area contributed by atoms with Gasteiger partial charge >= 0.3 is 0 Å². The van der Waals surface area contributed by atoms with Gasteiger partial charge in [-0.15, -0.1) is 0 Å². The Morgan fingerprint density at radius 2 is 1.88 bits per heavy atom. The summed E-state index contributed by atoms with van der Waals surface area (Å²) >= 11 is 7.00. The van der Waals surface area contributed by atoms with Crippen LogP contribution >= 0.6 is 31.9 Å². The molecule has 1 N–H and O–H groups in total. The number of hydrogen-bond acceptors (Lipinski definition) is 3. The Balaban J connectivity index is 2.07. The Hall–Kier alpha value is -1.79. The van der Waals surface area contributed by atoms with E-state index in [1.807, 2.05) is 30.3 Å². The summed E-state index contributed by atoms with van der Waals surface area (Å²) in [5, 5.41) is 2.92. The molecular weight excluding hydrogens is 460 g/mol. The van der Waals surface area contributed by atoms with E-state index in [1.54, 1.807) is 7.11 Å². The largest absolute Gasteiger partial charge is 0.496 e. The van der Waals surface area contributed by atoms with Gasteiger partial charge in [0.1, 0.15) is 5.75 Å². The maximum Gasteiger partial charge on any atom is 0.256 e. The van der Waals surface area contributed by atoms with Crippen molar-refractivity contribution >= 4 is 60.8 Å². The van der Waals surface area contributed by atoms with Crippen molar-refractivity contribution in [2.75, 3.05) is 30.4 Å². The van der Waals surface area contributed by atoms with Gasteiger partial charge in [0.15, 0.2) is 0 Å². The Bertz CT molecular complexity index is 890. The highest BCUT2D eigenvalue weighted by Gasteiger charge is 2.27. The van der Waals surface area contributed by atoms with Crippen LogP contribution < -0.4 is 15.0 Å². The molecule has 0 bridgehead atoms. The first-order valence-electron chi connectivity index (χ1n) is 8.43. The Morgan fingerprint density at radius 3 is 2.54 bits per heavy atom. The molecule has 2 aromatic rings. The highest BCUT2D eigenvalue weighted by atomic mass is 79.9. The molecule has 0 aromatic heterocycles. The number of nitrogens with one attached hydrogen (secondary N) is 1. The van der Waals surface area contributed by atoms with E-state index in [0.717, 1.165) is 50.3 Å². The first-order valence-corrected chi connectivity index (χ1v) is 10.0. The van der Waals surface area contributed by atoms with Crippen molar-refractivity contribution in [2.24, 2.45) is 0 Å². The second kappa shape index (κ2) is 7.84. The highest BCUT2D eigenvalue weighted by Crippen LogP contribution is 2.41. The van der Waals surface area contributed by atoms with Crippen LogP contribution in [0.2, 0.25) is 0 Å². The van der Waals surface area contributed by atoms with Crippen LogP contribution in [0.1, 0.15) is 25.0 Å². The fourth-order valence-electron chi connectivity index (χ4n) is 3.12. The van der Waals surface area contributed by atoms with E-state index in [1.165, 1.54) is 0 Å². The maximum absolute atomic E-state index is 12.5. The van der Waals surface area contributed by atoms with Gasteiger partial charge in [-0.2, -0.15) is 0 Å². The summed E-state index contributed by atoms with van der Waals surface area (Å²) in [5.74, 6) is 0.630. The van der Waals surface area contributed by atoms with Crippen LogP contribution in [0, 0.1) is 0 Å². The SMILES string of the molecule is CCN(CC)c1ccc(/C=C2\C(=O)Nc3c(Br)cc(Br)cc32)c(OC)c1. The van der Waals surface area contributed by atoms with Gasteiger partial charge in [-0.3, -0.25) is 4.79 Å². The molecule has 26 heavy (non-hydrogen) atoms. The molecule has 3 rings (SSSR count). The van der Waals surface area contributed by atoms with Gasteiger partial charge in [0.2, 0.25) is 0 Å². The summed E-state index contributed by atoms with van der Waals surface area (Å²) in [4.78, 5) is 14.8. The van der Waals surface area contributed by atoms with E-state index >= 15 is 0 Å². The Kier molecular flexibility index (Phi) is 5.73. The van der Waals surface area contributed by atoms with Crippen molar-refractivity contribution < 1.29 is 9.53 Å². The summed E-state index contributed by atoms with van der Waals surface area (Å²) in [6.45, 7) is 6.11. The molecule has 136 valence electrons. The summed E-state index contributed by atoms with van der Waals surface area (Å²) in [5.41, 5.74) is 4.26. The standard InChI is InChI=1S/C20H20Br2N2O2/c1-4-24(5-2)14-7-6-12(18(11-14)26-3)8-16-15-9-13(21)10-17(22)19(15)23-20(16)25/h6-11H,4-5H2,1-3H3,(H,23,25)/b16-8-. The number of carbonyl (C=O) groups is 1. The molecule has 0 saturated heterocycles. The van der Waals surface area contributed by atoms with Gasteiger partial charge in [-0.05, 0) is 60.1 Å². The minimum atomic E-state index is -0.117. The fourth-order valence-corrected chi connectivity index (χ4v) is 4.44. The molecule has 0 fully saturated rings. The highest BCUT2D eigenvalue weighted by molar-refractivity contribution is 9.11. The number of methoxy groups -OCH3 is 1. The lowest BCUT2D eigenvalue weighted by atomic mass is 10.0. The van der Waals surface area contributed by atoms with Gasteiger partial charge in [-0.25, -0.2) is 0 Å². The molecule has 1 aliphatic heterocycles. The number of anilines is 2. The lowest BCUT2D eigenvalue weighted by Crippen LogP contribution is -2.21. The third-order valence-electron chi connectivity index (χ3n) is 4.47. The second-order valence-corrected chi connectivity index (χ2v) is 7.69. The summed E-state index contributed by atoms with van der Waals surface area (Å²) in [6, 6.07) is 9.94. The van der Waals surface area contributed by atoms with Crippen LogP contribution in [0.5, 0.6) is 5.75 Å². The molecule has 1 amide bonds. The molecule has 2 aromatic carbocycles. The molecular formula is C20H20Br2N2O2. The predicted molar refractivity (Wildman–Crippen MR) is 115 cm³/mol. The van der Waals surface area contributed by atoms with Crippen LogP contribution in [0.15, 0.2) is 39.3 Å². The van der Waals surface area contributed by atoms with Crippen molar-refractivity contribution in [1.82, 2.24) is 0 Å². The van der Waals surface area contributed by atoms with E-state index in [0.29, 0.717) is 5.57 Å². The number of rotatable bonds is 5. The third kappa shape index (κ3) is 3.53. The van der Waals surface area contributed by atoms with Crippen molar-refractivity contribution in [2.45, 2.75) is 13.8 Å². The molecule has 0 saturated carbocycles. The average Bonchev–Trinajstić information content (AvgIpc) is 2.93. The van der Waals surface area contributed by atoms with Crippen LogP contribution in [-0.2, 0) is 4.79 Å². The van der Waals surface area contributed by atoms with Crippen molar-refractivity contribution in [3.63, 3.8) is 0 Å². The summed E-state index contributed by atoms with van der Waals surface area (Å²) in [6.07, 6.45) is 1.88. The lowest BCUT2D eigenvalue weighted by Gasteiger charge is -2.22. The van der Waals surface area contributed by atoms with E-state index in [-0.39, 0.29) is 5.91 Å². The number of carbonyl (C=O) groups excluding carboxylic acids is 1. The van der Waals surface area contributed by atoms with E-state index in [2.05, 4.69) is 62.0 Å². The van der Waals surface area contributed by atoms with E-state index in [4.69, 9.17) is 4.74 Å². The number of ether oxygens (including phenoxy) is 1. The number of amides is 1. The summed E-state index contributed by atoms with van der Waals surface area (Å²) in [7, 11) is 1.65. The summed E-state index contributed by atoms with van der Waals surface area (Å²) < 4.78 is 7.35. The van der Waals surface area contributed by atoms with Gasteiger partial charge < -0.3 is 15.0 Å². The zero-order valence-corrected chi connectivity index (χ0v) is 18.1. The molecule has 4 nitrogen and oxygen atoms in total. The van der Waals surface area contributed by atoms with Gasteiger partial charge in [0.25, 0.3) is 5.91 Å². The number of fused-ring (bicyclic) bond motifs is 1. The van der Waals surface area contributed by atoms with Crippen LogP contribution in [-0.4, -0.2) is 26.1 Å². The predicted octanol–water partition coefficient (Wildman–Crippen LogP) is 5.56. The lowest BCUT2D eigenvalue weighted by molar-refractivity contribution is -0.110. The Labute approximate surface area is 170 Å². The molecule has 6 heteroatoms. The van der Waals surface area contributed by atoms with Crippen LogP contribution in [0.4, 0.5) is 11.4 Å². The maximum atomic E-state index is 12.5. The molecule has 0 unspecified atom stereocenters. The zero-order valence-electron chi connectivity index (χ0n) is 14.9. The topological polar surface area (TPSA) is 41.6 Å². The van der Waals surface area contributed by atoms with Crippen molar-refractivity contribution in [3.8, 4) is 5.75 Å². The first kappa shape index (κ1) is 19.0. The number of nitrogens with zero attached hydrogens (tertiary/aromatic N) is 1. The average molecular weight is 480 g/mol. The molecule has 0 aliphatic carbocycles. The molecule has 1 heterocycles. The zero-order chi connectivity index (χ0) is 18.8. The third-order valence-corrected chi connectivity index (χ3v) is 5.56. The van der Waals surface area contributed by atoms with Crippen molar-refractivity contribution in [3.05, 3.63) is 50.4 Å².